The molecule has 4 aliphatic rings. The summed E-state index contributed by atoms with van der Waals surface area (Å²) in [5.41, 5.74) is 4.82. The van der Waals surface area contributed by atoms with Gasteiger partial charge in [-0.3, -0.25) is 39.2 Å². The molecule has 4 aliphatic heterocycles. The number of hydrogen-bond acceptors (Lipinski definition) is 13. The molecule has 8 heterocycles. The Bertz CT molecular complexity index is 2500. The molecule has 0 saturated carbocycles. The van der Waals surface area contributed by atoms with Crippen molar-refractivity contribution in [3.63, 3.8) is 0 Å². The van der Waals surface area contributed by atoms with E-state index in [1.165, 1.54) is 29.7 Å². The number of aromatic nitrogens is 5. The fourth-order valence-corrected chi connectivity index (χ4v) is 8.90. The molecule has 4 aromatic heterocycles. The molecular weight excluding hydrogens is 711 g/mol. The highest BCUT2D eigenvalue weighted by molar-refractivity contribution is 7.18. The third-order valence-corrected chi connectivity index (χ3v) is 11.7. The van der Waals surface area contributed by atoms with Crippen molar-refractivity contribution in [2.45, 2.75) is 31.7 Å². The average molecular weight is 742 g/mol. The van der Waals surface area contributed by atoms with Crippen molar-refractivity contribution in [1.82, 2.24) is 39.9 Å². The standard InChI is InChI=1S/C37H31N11O5S/c1-39-26-13-27(28-6-4-22-11-20(14-38)15-41-48(22)28)40-16-25(26)32-43-44-36(54-32)45-10-2-9-37(17-45)18-46(19-37)33(51)21-3-5-23-24(12-21)35(53)47(34(23)52)29-7-8-30(49)42-31(29)50/h3-6,11-13,15-16,29H,2,7-10,17-19H2,1H3,(H,39,40)(H,42,49,50). The predicted molar refractivity (Wildman–Crippen MR) is 194 cm³/mol. The van der Waals surface area contributed by atoms with Gasteiger partial charge in [0.15, 0.2) is 5.01 Å². The Morgan fingerprint density at radius 2 is 1.83 bits per heavy atom. The lowest BCUT2D eigenvalue weighted by molar-refractivity contribution is -0.136. The third-order valence-electron chi connectivity index (χ3n) is 10.7. The highest BCUT2D eigenvalue weighted by Crippen LogP contribution is 2.43. The van der Waals surface area contributed by atoms with Crippen LogP contribution in [0.2, 0.25) is 0 Å². The van der Waals surface area contributed by atoms with E-state index in [0.717, 1.165) is 56.9 Å². The Labute approximate surface area is 311 Å². The SMILES string of the molecule is CNc1cc(-c2ccc3cc(C#N)cnn23)ncc1-c1nnc(N2CCCC3(CN(C(=O)c4ccc5c(c4)C(=O)N(C4CCC(=O)NC4=O)C5=O)C3)C2)s1. The van der Waals surface area contributed by atoms with E-state index in [1.54, 1.807) is 27.7 Å². The van der Waals surface area contributed by atoms with Crippen molar-refractivity contribution in [2.24, 2.45) is 5.41 Å². The zero-order valence-electron chi connectivity index (χ0n) is 28.9. The molecule has 1 atom stereocenters. The number of likely N-dealkylation sites (tertiary alicyclic amines) is 1. The molecule has 9 rings (SSSR count). The van der Waals surface area contributed by atoms with Gasteiger partial charge in [0, 0.05) is 62.5 Å². The number of carbonyl (C=O) groups excluding carboxylic acids is 5. The molecule has 54 heavy (non-hydrogen) atoms. The average Bonchev–Trinajstić information content (AvgIpc) is 3.90. The number of nitrogens with zero attached hydrogens (tertiary/aromatic N) is 9. The zero-order valence-corrected chi connectivity index (χ0v) is 29.7. The second-order valence-corrected chi connectivity index (χ2v) is 15.0. The summed E-state index contributed by atoms with van der Waals surface area (Å²) >= 11 is 1.48. The van der Waals surface area contributed by atoms with Gasteiger partial charge in [-0.25, -0.2) is 4.52 Å². The predicted octanol–water partition coefficient (Wildman–Crippen LogP) is 2.97. The second kappa shape index (κ2) is 12.6. The minimum Gasteiger partial charge on any atom is -0.387 e. The van der Waals surface area contributed by atoms with E-state index in [9.17, 15) is 29.2 Å². The number of fused-ring (bicyclic) bond motifs is 2. The van der Waals surface area contributed by atoms with E-state index < -0.39 is 29.7 Å². The summed E-state index contributed by atoms with van der Waals surface area (Å²) < 4.78 is 1.75. The van der Waals surface area contributed by atoms with Crippen molar-refractivity contribution in [1.29, 1.82) is 5.26 Å². The first-order chi connectivity index (χ1) is 26.1. The number of nitrogens with one attached hydrogen (secondary N) is 2. The fourth-order valence-electron chi connectivity index (χ4n) is 8.00. The molecule has 3 saturated heterocycles. The van der Waals surface area contributed by atoms with E-state index in [0.29, 0.717) is 36.5 Å². The molecule has 3 fully saturated rings. The van der Waals surface area contributed by atoms with Crippen LogP contribution in [0.3, 0.4) is 0 Å². The topological polar surface area (TPSA) is 199 Å². The maximum absolute atomic E-state index is 13.6. The minimum absolute atomic E-state index is 0.0311. The summed E-state index contributed by atoms with van der Waals surface area (Å²) in [6.45, 7) is 2.60. The van der Waals surface area contributed by atoms with Gasteiger partial charge in [-0.2, -0.15) is 10.4 Å². The molecule has 5 aromatic rings. The molecule has 270 valence electrons. The summed E-state index contributed by atoms with van der Waals surface area (Å²) in [7, 11) is 1.84. The molecule has 17 heteroatoms. The fraction of sp³-hybridized carbons (Fsp3) is 0.297. The Morgan fingerprint density at radius 1 is 1.00 bits per heavy atom. The summed E-state index contributed by atoms with van der Waals surface area (Å²) in [6.07, 6.45) is 5.27. The first-order valence-corrected chi connectivity index (χ1v) is 18.3. The van der Waals surface area contributed by atoms with Crippen LogP contribution in [0, 0.1) is 16.7 Å². The van der Waals surface area contributed by atoms with Gasteiger partial charge in [-0.15, -0.1) is 10.2 Å². The molecule has 2 N–H and O–H groups in total. The van der Waals surface area contributed by atoms with Gasteiger partial charge in [-0.1, -0.05) is 11.3 Å². The third kappa shape index (κ3) is 5.36. The highest BCUT2D eigenvalue weighted by atomic mass is 32.1. The van der Waals surface area contributed by atoms with Gasteiger partial charge < -0.3 is 15.1 Å². The van der Waals surface area contributed by atoms with Crippen LogP contribution in [0.4, 0.5) is 10.8 Å². The monoisotopic (exact) mass is 741 g/mol. The van der Waals surface area contributed by atoms with Crippen molar-refractivity contribution in [3.05, 3.63) is 77.1 Å². The van der Waals surface area contributed by atoms with Gasteiger partial charge in [0.25, 0.3) is 17.7 Å². The molecule has 1 spiro atoms. The van der Waals surface area contributed by atoms with Crippen molar-refractivity contribution < 1.29 is 24.0 Å². The first-order valence-electron chi connectivity index (χ1n) is 17.4. The number of anilines is 2. The molecule has 0 bridgehead atoms. The highest BCUT2D eigenvalue weighted by Gasteiger charge is 2.49. The first kappa shape index (κ1) is 33.3. The van der Waals surface area contributed by atoms with Crippen LogP contribution in [0.5, 0.6) is 0 Å². The van der Waals surface area contributed by atoms with Crippen LogP contribution >= 0.6 is 11.3 Å². The van der Waals surface area contributed by atoms with Crippen molar-refractivity contribution in [2.75, 3.05) is 43.4 Å². The van der Waals surface area contributed by atoms with E-state index in [-0.39, 0.29) is 35.3 Å². The molecule has 0 radical (unpaired) electrons. The van der Waals surface area contributed by atoms with Crippen LogP contribution < -0.4 is 15.5 Å². The number of carbonyl (C=O) groups is 5. The largest absolute Gasteiger partial charge is 0.387 e. The number of pyridine rings is 1. The van der Waals surface area contributed by atoms with Crippen LogP contribution in [-0.4, -0.2) is 103 Å². The maximum atomic E-state index is 13.6. The lowest BCUT2D eigenvalue weighted by Crippen LogP contribution is -2.64. The van der Waals surface area contributed by atoms with Crippen molar-refractivity contribution >= 4 is 57.2 Å². The normalized spacial score (nSPS) is 19.2. The Balaban J connectivity index is 0.874. The molecule has 5 amide bonds. The summed E-state index contributed by atoms with van der Waals surface area (Å²) in [4.78, 5) is 73.7. The zero-order chi connectivity index (χ0) is 37.3. The number of hydrogen-bond donors (Lipinski definition) is 2. The van der Waals surface area contributed by atoms with Crippen molar-refractivity contribution in [3.8, 4) is 28.0 Å². The quantitative estimate of drug-likeness (QED) is 0.242. The van der Waals surface area contributed by atoms with Gasteiger partial charge in [0.05, 0.1) is 45.4 Å². The number of amides is 5. The summed E-state index contributed by atoms with van der Waals surface area (Å²) in [5.74, 6) is -2.60. The smallest absolute Gasteiger partial charge is 0.262 e. The lowest BCUT2D eigenvalue weighted by atomic mass is 9.73. The number of nitriles is 1. The number of rotatable bonds is 6. The minimum atomic E-state index is -1.07. The molecular formula is C37H31N11O5S. The lowest BCUT2D eigenvalue weighted by Gasteiger charge is -2.54. The Kier molecular flexibility index (Phi) is 7.74. The van der Waals surface area contributed by atoms with Gasteiger partial charge in [-0.05, 0) is 61.7 Å². The second-order valence-electron chi connectivity index (χ2n) is 14.1. The molecule has 1 aromatic carbocycles. The number of imide groups is 2. The van der Waals surface area contributed by atoms with Gasteiger partial charge >= 0.3 is 0 Å². The van der Waals surface area contributed by atoms with Crippen LogP contribution in [-0.2, 0) is 9.59 Å². The maximum Gasteiger partial charge on any atom is 0.262 e. The van der Waals surface area contributed by atoms with Gasteiger partial charge in [0.2, 0.25) is 16.9 Å². The number of piperidine rings is 2. The Hall–Kier alpha value is -6.54. The Morgan fingerprint density at radius 3 is 2.63 bits per heavy atom. The van der Waals surface area contributed by atoms with E-state index in [2.05, 4.69) is 36.9 Å². The van der Waals surface area contributed by atoms with E-state index >= 15 is 0 Å². The summed E-state index contributed by atoms with van der Waals surface area (Å²) in [5, 5.41) is 29.7. The van der Waals surface area contributed by atoms with Crippen LogP contribution in [0.15, 0.2) is 54.9 Å². The number of benzene rings is 1. The van der Waals surface area contributed by atoms with E-state index in [1.807, 2.05) is 25.2 Å². The molecule has 1 unspecified atom stereocenters. The van der Waals surface area contributed by atoms with E-state index in [4.69, 9.17) is 4.98 Å². The van der Waals surface area contributed by atoms with Gasteiger partial charge in [0.1, 0.15) is 12.1 Å². The molecule has 16 nitrogen and oxygen atoms in total. The summed E-state index contributed by atoms with van der Waals surface area (Å²) in [6, 6.07) is 13.0. The van der Waals surface area contributed by atoms with Crippen LogP contribution in [0.1, 0.15) is 62.3 Å². The molecule has 0 aliphatic carbocycles. The van der Waals surface area contributed by atoms with Crippen LogP contribution in [0.25, 0.3) is 27.5 Å².